The number of hydrogen-bond acceptors (Lipinski definition) is 5. The van der Waals surface area contributed by atoms with Gasteiger partial charge in [-0.15, -0.1) is 0 Å². The Morgan fingerprint density at radius 2 is 1.85 bits per heavy atom. The first-order valence-electron chi connectivity index (χ1n) is 4.27. The zero-order chi connectivity index (χ0) is 10.5. The van der Waals surface area contributed by atoms with Gasteiger partial charge in [0.15, 0.2) is 5.66 Å². The monoisotopic (exact) mass is 188 g/mol. The van der Waals surface area contributed by atoms with Crippen molar-refractivity contribution in [3.63, 3.8) is 0 Å². The molecule has 0 amide bonds. The Balaban J connectivity index is 4.07. The molecule has 0 unspecified atom stereocenters. The molecule has 0 rings (SSSR count). The molecule has 0 fully saturated rings. The minimum atomic E-state index is -1.55. The molecule has 4 N–H and O–H groups in total. The summed E-state index contributed by atoms with van der Waals surface area (Å²) in [6, 6.07) is 0. The summed E-state index contributed by atoms with van der Waals surface area (Å²) >= 11 is 0. The fourth-order valence-corrected chi connectivity index (χ4v) is 0.598. The van der Waals surface area contributed by atoms with Gasteiger partial charge in [-0.2, -0.15) is 0 Å². The van der Waals surface area contributed by atoms with Crippen molar-refractivity contribution in [2.24, 2.45) is 11.5 Å². The van der Waals surface area contributed by atoms with Gasteiger partial charge in [-0.05, 0) is 12.8 Å². The van der Waals surface area contributed by atoms with Crippen molar-refractivity contribution in [1.29, 1.82) is 0 Å². The van der Waals surface area contributed by atoms with Crippen LogP contribution in [0.5, 0.6) is 0 Å². The molecule has 0 saturated carbocycles. The van der Waals surface area contributed by atoms with Crippen LogP contribution in [0.4, 0.5) is 0 Å². The summed E-state index contributed by atoms with van der Waals surface area (Å²) in [4.78, 5) is 21.9. The van der Waals surface area contributed by atoms with Crippen LogP contribution in [0.3, 0.4) is 0 Å². The van der Waals surface area contributed by atoms with Crippen LogP contribution in [-0.4, -0.2) is 17.6 Å². The van der Waals surface area contributed by atoms with Crippen LogP contribution < -0.4 is 11.5 Å². The third kappa shape index (κ3) is 4.00. The average Bonchev–Trinajstić information content (AvgIpc) is 2.04. The smallest absolute Gasteiger partial charge is 0.348 e. The van der Waals surface area contributed by atoms with Crippen molar-refractivity contribution in [2.75, 3.05) is 0 Å². The predicted octanol–water partition coefficient (Wildman–Crippen LogP) is -0.120. The van der Waals surface area contributed by atoms with E-state index >= 15 is 0 Å². The number of rotatable bonds is 4. The molecule has 0 aliphatic rings. The lowest BCUT2D eigenvalue weighted by molar-refractivity contribution is -0.163. The molecule has 0 bridgehead atoms. The molecule has 0 spiro atoms. The summed E-state index contributed by atoms with van der Waals surface area (Å²) in [6.45, 7) is 3.45. The molecule has 0 aromatic carbocycles. The number of hydrogen-bond donors (Lipinski definition) is 2. The third-order valence-corrected chi connectivity index (χ3v) is 1.63. The lowest BCUT2D eigenvalue weighted by Crippen LogP contribution is -2.57. The zero-order valence-corrected chi connectivity index (χ0v) is 8.00. The Hall–Kier alpha value is -0.940. The van der Waals surface area contributed by atoms with Crippen LogP contribution in [0, 0.1) is 0 Å². The summed E-state index contributed by atoms with van der Waals surface area (Å²) < 4.78 is 4.42. The van der Waals surface area contributed by atoms with E-state index in [-0.39, 0.29) is 12.8 Å². The average molecular weight is 188 g/mol. The summed E-state index contributed by atoms with van der Waals surface area (Å²) in [5.74, 6) is -1.45. The number of nitrogens with two attached hydrogens (primary N) is 2. The zero-order valence-electron chi connectivity index (χ0n) is 8.00. The summed E-state index contributed by atoms with van der Waals surface area (Å²) in [5.41, 5.74) is 9.16. The first-order chi connectivity index (χ1) is 5.94. The highest BCUT2D eigenvalue weighted by molar-refractivity contribution is 5.90. The molecular weight excluding hydrogens is 172 g/mol. The minimum absolute atomic E-state index is 0.200. The highest BCUT2D eigenvalue weighted by Crippen LogP contribution is 2.02. The Kier molecular flexibility index (Phi) is 4.58. The van der Waals surface area contributed by atoms with Gasteiger partial charge in [-0.25, -0.2) is 4.79 Å². The van der Waals surface area contributed by atoms with Crippen LogP contribution in [-0.2, 0) is 14.3 Å². The minimum Gasteiger partial charge on any atom is -0.391 e. The molecule has 0 atom stereocenters. The number of esters is 2. The first-order valence-corrected chi connectivity index (χ1v) is 4.27. The SMILES string of the molecule is CCCC(=O)OC(=O)C(N)(N)CC. The van der Waals surface area contributed by atoms with Crippen molar-refractivity contribution in [3.8, 4) is 0 Å². The van der Waals surface area contributed by atoms with Crippen LogP contribution in [0.1, 0.15) is 33.1 Å². The van der Waals surface area contributed by atoms with E-state index in [9.17, 15) is 9.59 Å². The van der Waals surface area contributed by atoms with Crippen LogP contribution in [0.2, 0.25) is 0 Å². The maximum Gasteiger partial charge on any atom is 0.348 e. The van der Waals surface area contributed by atoms with Gasteiger partial charge in [-0.3, -0.25) is 4.79 Å². The van der Waals surface area contributed by atoms with Gasteiger partial charge >= 0.3 is 11.9 Å². The van der Waals surface area contributed by atoms with Crippen LogP contribution >= 0.6 is 0 Å². The van der Waals surface area contributed by atoms with E-state index in [1.165, 1.54) is 0 Å². The lowest BCUT2D eigenvalue weighted by atomic mass is 10.1. The Morgan fingerprint density at radius 3 is 2.23 bits per heavy atom. The molecule has 76 valence electrons. The molecule has 5 heteroatoms. The van der Waals surface area contributed by atoms with Gasteiger partial charge in [-0.1, -0.05) is 13.8 Å². The van der Waals surface area contributed by atoms with Crippen LogP contribution in [0.25, 0.3) is 0 Å². The largest absolute Gasteiger partial charge is 0.391 e. The quantitative estimate of drug-likeness (QED) is 0.364. The van der Waals surface area contributed by atoms with Crippen molar-refractivity contribution in [1.82, 2.24) is 0 Å². The molecule has 0 aromatic heterocycles. The fraction of sp³-hybridized carbons (Fsp3) is 0.750. The maximum absolute atomic E-state index is 11.1. The van der Waals surface area contributed by atoms with E-state index in [1.54, 1.807) is 6.92 Å². The molecular formula is C8H16N2O3. The maximum atomic E-state index is 11.1. The van der Waals surface area contributed by atoms with Gasteiger partial charge in [0.2, 0.25) is 0 Å². The second kappa shape index (κ2) is 4.94. The second-order valence-electron chi connectivity index (χ2n) is 2.91. The van der Waals surface area contributed by atoms with Crippen molar-refractivity contribution >= 4 is 11.9 Å². The molecule has 13 heavy (non-hydrogen) atoms. The van der Waals surface area contributed by atoms with Crippen LogP contribution in [0.15, 0.2) is 0 Å². The molecule has 0 aliphatic carbocycles. The standard InChI is InChI=1S/C8H16N2O3/c1-3-5-6(11)13-7(12)8(9,10)4-2/h3-5,9-10H2,1-2H3. The second-order valence-corrected chi connectivity index (χ2v) is 2.91. The van der Waals surface area contributed by atoms with E-state index < -0.39 is 17.6 Å². The molecule has 0 heterocycles. The Labute approximate surface area is 77.4 Å². The van der Waals surface area contributed by atoms with Gasteiger partial charge in [0.1, 0.15) is 0 Å². The molecule has 5 nitrogen and oxygen atoms in total. The van der Waals surface area contributed by atoms with E-state index in [0.717, 1.165) is 0 Å². The molecule has 0 aliphatic heterocycles. The van der Waals surface area contributed by atoms with E-state index in [2.05, 4.69) is 4.74 Å². The van der Waals surface area contributed by atoms with Gasteiger partial charge in [0.05, 0.1) is 0 Å². The summed E-state index contributed by atoms with van der Waals surface area (Å²) in [5, 5.41) is 0. The van der Waals surface area contributed by atoms with E-state index in [0.29, 0.717) is 6.42 Å². The summed E-state index contributed by atoms with van der Waals surface area (Å²) in [6.07, 6.45) is 1.05. The molecule has 0 aromatic rings. The molecule has 0 saturated heterocycles. The predicted molar refractivity (Wildman–Crippen MR) is 47.4 cm³/mol. The van der Waals surface area contributed by atoms with Gasteiger partial charge in [0, 0.05) is 6.42 Å². The summed E-state index contributed by atoms with van der Waals surface area (Å²) in [7, 11) is 0. The fourth-order valence-electron chi connectivity index (χ4n) is 0.598. The number of ether oxygens (including phenoxy) is 1. The highest BCUT2D eigenvalue weighted by Gasteiger charge is 2.30. The first kappa shape index (κ1) is 12.1. The van der Waals surface area contributed by atoms with Crippen molar-refractivity contribution < 1.29 is 14.3 Å². The molecule has 0 radical (unpaired) electrons. The van der Waals surface area contributed by atoms with E-state index in [1.807, 2.05) is 6.92 Å². The topological polar surface area (TPSA) is 95.4 Å². The van der Waals surface area contributed by atoms with Crippen molar-refractivity contribution in [2.45, 2.75) is 38.8 Å². The Morgan fingerprint density at radius 1 is 1.31 bits per heavy atom. The Bertz CT molecular complexity index is 202. The van der Waals surface area contributed by atoms with Gasteiger partial charge < -0.3 is 16.2 Å². The highest BCUT2D eigenvalue weighted by atomic mass is 16.6. The lowest BCUT2D eigenvalue weighted by Gasteiger charge is -2.18. The van der Waals surface area contributed by atoms with E-state index in [4.69, 9.17) is 11.5 Å². The normalized spacial score (nSPS) is 11.1. The van der Waals surface area contributed by atoms with Gasteiger partial charge in [0.25, 0.3) is 0 Å². The van der Waals surface area contributed by atoms with Crippen molar-refractivity contribution in [3.05, 3.63) is 0 Å². The number of carbonyl (C=O) groups is 2. The number of carbonyl (C=O) groups excluding carboxylic acids is 2. The third-order valence-electron chi connectivity index (χ3n) is 1.63.